The van der Waals surface area contributed by atoms with Crippen LogP contribution in [0.5, 0.6) is 0 Å². The van der Waals surface area contributed by atoms with Gasteiger partial charge in [0.05, 0.1) is 18.6 Å². The molecule has 0 saturated carbocycles. The van der Waals surface area contributed by atoms with Crippen LogP contribution >= 0.6 is 24.0 Å². The van der Waals surface area contributed by atoms with Gasteiger partial charge in [-0.25, -0.2) is 14.4 Å². The van der Waals surface area contributed by atoms with Gasteiger partial charge in [-0.05, 0) is 36.2 Å². The molecule has 5 nitrogen and oxygen atoms in total. The van der Waals surface area contributed by atoms with Crippen LogP contribution in [0.25, 0.3) is 5.69 Å². The SMILES string of the molecule is CCNC(=NCc1cccc(F)c1)NCc1ccccc1-n1ccnc1.I. The van der Waals surface area contributed by atoms with Crippen LogP contribution in [-0.2, 0) is 13.1 Å². The Hall–Kier alpha value is -2.42. The van der Waals surface area contributed by atoms with Crippen LogP contribution in [-0.4, -0.2) is 22.1 Å². The number of halogens is 2. The fraction of sp³-hybridized carbons (Fsp3) is 0.200. The molecule has 0 fully saturated rings. The molecule has 7 heteroatoms. The van der Waals surface area contributed by atoms with Gasteiger partial charge in [0, 0.05) is 25.5 Å². The van der Waals surface area contributed by atoms with E-state index in [1.54, 1.807) is 18.6 Å². The van der Waals surface area contributed by atoms with Crippen LogP contribution in [0.4, 0.5) is 4.39 Å². The van der Waals surface area contributed by atoms with E-state index < -0.39 is 0 Å². The van der Waals surface area contributed by atoms with Crippen LogP contribution in [0.2, 0.25) is 0 Å². The third-order valence-corrected chi connectivity index (χ3v) is 3.87. The molecule has 1 aromatic heterocycles. The number of aromatic nitrogens is 2. The van der Waals surface area contributed by atoms with Crippen molar-refractivity contribution >= 4 is 29.9 Å². The molecule has 0 atom stereocenters. The van der Waals surface area contributed by atoms with E-state index in [1.807, 2.05) is 35.9 Å². The molecule has 2 aromatic carbocycles. The van der Waals surface area contributed by atoms with Crippen molar-refractivity contribution in [2.75, 3.05) is 6.54 Å². The normalized spacial score (nSPS) is 11.0. The van der Waals surface area contributed by atoms with Gasteiger partial charge < -0.3 is 15.2 Å². The van der Waals surface area contributed by atoms with E-state index in [0.29, 0.717) is 19.0 Å². The lowest BCUT2D eigenvalue weighted by molar-refractivity contribution is 0.625. The van der Waals surface area contributed by atoms with E-state index in [9.17, 15) is 4.39 Å². The lowest BCUT2D eigenvalue weighted by atomic mass is 10.1. The Morgan fingerprint density at radius 3 is 2.74 bits per heavy atom. The summed E-state index contributed by atoms with van der Waals surface area (Å²) in [5, 5.41) is 6.55. The molecular formula is C20H23FIN5. The molecule has 2 N–H and O–H groups in total. The fourth-order valence-corrected chi connectivity index (χ4v) is 2.64. The van der Waals surface area contributed by atoms with Crippen molar-refractivity contribution in [3.63, 3.8) is 0 Å². The Balaban J connectivity index is 0.00000261. The van der Waals surface area contributed by atoms with E-state index in [4.69, 9.17) is 0 Å². The summed E-state index contributed by atoms with van der Waals surface area (Å²) in [6.45, 7) is 3.79. The van der Waals surface area contributed by atoms with Gasteiger partial charge in [-0.1, -0.05) is 30.3 Å². The Bertz CT molecular complexity index is 864. The van der Waals surface area contributed by atoms with E-state index >= 15 is 0 Å². The number of benzene rings is 2. The van der Waals surface area contributed by atoms with Crippen molar-refractivity contribution in [3.8, 4) is 5.69 Å². The topological polar surface area (TPSA) is 54.2 Å². The highest BCUT2D eigenvalue weighted by atomic mass is 127. The lowest BCUT2D eigenvalue weighted by Crippen LogP contribution is -2.37. The molecule has 3 rings (SSSR count). The van der Waals surface area contributed by atoms with Crippen molar-refractivity contribution in [3.05, 3.63) is 84.2 Å². The molecule has 0 bridgehead atoms. The van der Waals surface area contributed by atoms with Crippen molar-refractivity contribution in [1.82, 2.24) is 20.2 Å². The second-order valence-corrected chi connectivity index (χ2v) is 5.78. The first-order valence-corrected chi connectivity index (χ1v) is 8.59. The molecule has 0 saturated heterocycles. The summed E-state index contributed by atoms with van der Waals surface area (Å²) in [5.41, 5.74) is 3.03. The second-order valence-electron chi connectivity index (χ2n) is 5.78. The number of nitrogens with zero attached hydrogens (tertiary/aromatic N) is 3. The van der Waals surface area contributed by atoms with Gasteiger partial charge in [0.2, 0.25) is 0 Å². The second kappa shape index (κ2) is 10.7. The molecule has 142 valence electrons. The summed E-state index contributed by atoms with van der Waals surface area (Å²) in [4.78, 5) is 8.65. The Morgan fingerprint density at radius 1 is 1.15 bits per heavy atom. The number of guanidine groups is 1. The quantitative estimate of drug-likeness (QED) is 0.321. The van der Waals surface area contributed by atoms with Crippen LogP contribution in [0.15, 0.2) is 72.2 Å². The standard InChI is InChI=1S/C20H22FN5.HI/c1-2-23-20(24-13-16-6-5-8-18(21)12-16)25-14-17-7-3-4-9-19(17)26-11-10-22-15-26;/h3-12,15H,2,13-14H2,1H3,(H2,23,24,25);1H. The highest BCUT2D eigenvalue weighted by Gasteiger charge is 2.05. The molecule has 27 heavy (non-hydrogen) atoms. The molecule has 3 aromatic rings. The van der Waals surface area contributed by atoms with Crippen molar-refractivity contribution < 1.29 is 4.39 Å². The summed E-state index contributed by atoms with van der Waals surface area (Å²) >= 11 is 0. The van der Waals surface area contributed by atoms with Gasteiger partial charge in [0.1, 0.15) is 5.82 Å². The average Bonchev–Trinajstić information content (AvgIpc) is 3.19. The van der Waals surface area contributed by atoms with Gasteiger partial charge in [0.15, 0.2) is 5.96 Å². The first-order valence-electron chi connectivity index (χ1n) is 8.59. The number of hydrogen-bond acceptors (Lipinski definition) is 2. The van der Waals surface area contributed by atoms with Gasteiger partial charge in [-0.3, -0.25) is 0 Å². The van der Waals surface area contributed by atoms with E-state index in [1.165, 1.54) is 12.1 Å². The number of imidazole rings is 1. The average molecular weight is 479 g/mol. The summed E-state index contributed by atoms with van der Waals surface area (Å²) < 4.78 is 15.3. The highest BCUT2D eigenvalue weighted by Crippen LogP contribution is 2.13. The van der Waals surface area contributed by atoms with Crippen LogP contribution in [0, 0.1) is 5.82 Å². The summed E-state index contributed by atoms with van der Waals surface area (Å²) in [6.07, 6.45) is 5.46. The number of aliphatic imine (C=N–C) groups is 1. The van der Waals surface area contributed by atoms with Crippen LogP contribution < -0.4 is 10.6 Å². The molecule has 0 unspecified atom stereocenters. The first kappa shape index (κ1) is 20.9. The minimum Gasteiger partial charge on any atom is -0.357 e. The summed E-state index contributed by atoms with van der Waals surface area (Å²) in [5.74, 6) is 0.446. The van der Waals surface area contributed by atoms with Crippen molar-refractivity contribution in [1.29, 1.82) is 0 Å². The van der Waals surface area contributed by atoms with E-state index in [0.717, 1.165) is 23.4 Å². The first-order chi connectivity index (χ1) is 12.8. The Morgan fingerprint density at radius 2 is 2.00 bits per heavy atom. The van der Waals surface area contributed by atoms with Crippen LogP contribution in [0.3, 0.4) is 0 Å². The molecule has 0 aliphatic carbocycles. The maximum atomic E-state index is 13.3. The number of nitrogens with one attached hydrogen (secondary N) is 2. The zero-order chi connectivity index (χ0) is 18.2. The van der Waals surface area contributed by atoms with Crippen molar-refractivity contribution in [2.24, 2.45) is 4.99 Å². The predicted octanol–water partition coefficient (Wildman–Crippen LogP) is 3.88. The maximum Gasteiger partial charge on any atom is 0.191 e. The Labute approximate surface area is 175 Å². The Kier molecular flexibility index (Phi) is 8.25. The largest absolute Gasteiger partial charge is 0.357 e. The summed E-state index contributed by atoms with van der Waals surface area (Å²) in [6, 6.07) is 14.6. The van der Waals surface area contributed by atoms with E-state index in [2.05, 4.69) is 32.7 Å². The van der Waals surface area contributed by atoms with Crippen LogP contribution in [0.1, 0.15) is 18.1 Å². The molecule has 0 aliphatic rings. The van der Waals surface area contributed by atoms with Gasteiger partial charge in [-0.15, -0.1) is 24.0 Å². The number of rotatable bonds is 6. The van der Waals surface area contributed by atoms with Gasteiger partial charge in [0.25, 0.3) is 0 Å². The molecule has 0 spiro atoms. The highest BCUT2D eigenvalue weighted by molar-refractivity contribution is 14.0. The molecule has 1 heterocycles. The third kappa shape index (κ3) is 6.06. The summed E-state index contributed by atoms with van der Waals surface area (Å²) in [7, 11) is 0. The maximum absolute atomic E-state index is 13.3. The van der Waals surface area contributed by atoms with Crippen molar-refractivity contribution in [2.45, 2.75) is 20.0 Å². The molecular weight excluding hydrogens is 456 g/mol. The van der Waals surface area contributed by atoms with E-state index in [-0.39, 0.29) is 29.8 Å². The monoisotopic (exact) mass is 479 g/mol. The zero-order valence-corrected chi connectivity index (χ0v) is 17.4. The van der Waals surface area contributed by atoms with Gasteiger partial charge in [-0.2, -0.15) is 0 Å². The number of hydrogen-bond donors (Lipinski definition) is 2. The molecule has 0 amide bonds. The molecule has 0 radical (unpaired) electrons. The predicted molar refractivity (Wildman–Crippen MR) is 117 cm³/mol. The zero-order valence-electron chi connectivity index (χ0n) is 15.1. The minimum atomic E-state index is -0.245. The smallest absolute Gasteiger partial charge is 0.191 e. The third-order valence-electron chi connectivity index (χ3n) is 3.87. The molecule has 0 aliphatic heterocycles. The lowest BCUT2D eigenvalue weighted by Gasteiger charge is -2.14. The number of para-hydroxylation sites is 1. The van der Waals surface area contributed by atoms with Gasteiger partial charge >= 0.3 is 0 Å². The minimum absolute atomic E-state index is 0. The fourth-order valence-electron chi connectivity index (χ4n) is 2.64.